The zero-order valence-electron chi connectivity index (χ0n) is 15.3. The van der Waals surface area contributed by atoms with Gasteiger partial charge in [0.2, 0.25) is 0 Å². The molecule has 0 bridgehead atoms. The van der Waals surface area contributed by atoms with Gasteiger partial charge in [-0.3, -0.25) is 0 Å². The maximum absolute atomic E-state index is 5.69. The molecule has 136 valence electrons. The van der Waals surface area contributed by atoms with Gasteiger partial charge in [0, 0.05) is 24.6 Å². The quantitative estimate of drug-likeness (QED) is 0.383. The van der Waals surface area contributed by atoms with Crippen LogP contribution < -0.4 is 10.6 Å². The van der Waals surface area contributed by atoms with Crippen LogP contribution in [0.3, 0.4) is 0 Å². The van der Waals surface area contributed by atoms with Crippen LogP contribution in [0.1, 0.15) is 36.3 Å². The topological polar surface area (TPSA) is 45.6 Å². The normalized spacial score (nSPS) is 11.5. The predicted molar refractivity (Wildman–Crippen MR) is 107 cm³/mol. The molecule has 0 aliphatic rings. The van der Waals surface area contributed by atoms with E-state index in [1.165, 1.54) is 16.0 Å². The van der Waals surface area contributed by atoms with Crippen molar-refractivity contribution in [3.63, 3.8) is 0 Å². The highest BCUT2D eigenvalue weighted by Gasteiger charge is 2.03. The predicted octanol–water partition coefficient (Wildman–Crippen LogP) is 3.97. The number of thiophene rings is 1. The van der Waals surface area contributed by atoms with Crippen molar-refractivity contribution in [1.82, 2.24) is 10.6 Å². The first-order valence-electron chi connectivity index (χ1n) is 9.02. The van der Waals surface area contributed by atoms with Gasteiger partial charge in [-0.15, -0.1) is 11.3 Å². The molecule has 0 unspecified atom stereocenters. The molecule has 1 aromatic heterocycles. The van der Waals surface area contributed by atoms with Crippen molar-refractivity contribution in [2.45, 2.75) is 39.8 Å². The van der Waals surface area contributed by atoms with E-state index in [4.69, 9.17) is 9.73 Å². The molecule has 2 rings (SSSR count). The number of hydrogen-bond acceptors (Lipinski definition) is 3. The summed E-state index contributed by atoms with van der Waals surface area (Å²) >= 11 is 1.80. The number of aliphatic imine (C=N–C) groups is 1. The summed E-state index contributed by atoms with van der Waals surface area (Å²) in [5.74, 6) is 0.864. The highest BCUT2D eigenvalue weighted by atomic mass is 32.1. The number of benzene rings is 1. The van der Waals surface area contributed by atoms with Gasteiger partial charge in [0.15, 0.2) is 5.96 Å². The third kappa shape index (κ3) is 7.28. The molecule has 0 aliphatic heterocycles. The Labute approximate surface area is 155 Å². The fourth-order valence-electron chi connectivity index (χ4n) is 2.44. The van der Waals surface area contributed by atoms with Crippen molar-refractivity contribution >= 4 is 17.3 Å². The highest BCUT2D eigenvalue weighted by Crippen LogP contribution is 2.12. The smallest absolute Gasteiger partial charge is 0.191 e. The second-order valence-electron chi connectivity index (χ2n) is 5.77. The van der Waals surface area contributed by atoms with Gasteiger partial charge in [-0.2, -0.15) is 0 Å². The molecule has 0 radical (unpaired) electrons. The Morgan fingerprint density at radius 3 is 2.64 bits per heavy atom. The number of nitrogens with zero attached hydrogens (tertiary/aromatic N) is 1. The van der Waals surface area contributed by atoms with Crippen LogP contribution in [0.4, 0.5) is 0 Å². The zero-order chi connectivity index (χ0) is 17.7. The SMILES string of the molecule is CCCOCc1ccccc1CN=C(NCC)NCCc1cccs1. The maximum Gasteiger partial charge on any atom is 0.191 e. The second kappa shape index (κ2) is 11.7. The van der Waals surface area contributed by atoms with Crippen LogP contribution in [0, 0.1) is 0 Å². The highest BCUT2D eigenvalue weighted by molar-refractivity contribution is 7.09. The van der Waals surface area contributed by atoms with Gasteiger partial charge in [-0.1, -0.05) is 37.3 Å². The van der Waals surface area contributed by atoms with E-state index in [-0.39, 0.29) is 0 Å². The Morgan fingerprint density at radius 2 is 1.92 bits per heavy atom. The van der Waals surface area contributed by atoms with E-state index < -0.39 is 0 Å². The van der Waals surface area contributed by atoms with Crippen molar-refractivity contribution in [3.8, 4) is 0 Å². The molecule has 5 heteroatoms. The summed E-state index contributed by atoms with van der Waals surface area (Å²) in [7, 11) is 0. The fraction of sp³-hybridized carbons (Fsp3) is 0.450. The molecule has 1 heterocycles. The van der Waals surface area contributed by atoms with Crippen LogP contribution in [-0.4, -0.2) is 25.7 Å². The summed E-state index contributed by atoms with van der Waals surface area (Å²) in [6.07, 6.45) is 2.06. The minimum atomic E-state index is 0.653. The minimum absolute atomic E-state index is 0.653. The molecule has 0 aliphatic carbocycles. The Morgan fingerprint density at radius 1 is 1.08 bits per heavy atom. The third-order valence-electron chi connectivity index (χ3n) is 3.72. The molecule has 4 nitrogen and oxygen atoms in total. The van der Waals surface area contributed by atoms with Crippen molar-refractivity contribution in [3.05, 3.63) is 57.8 Å². The lowest BCUT2D eigenvalue weighted by Gasteiger charge is -2.12. The summed E-state index contributed by atoms with van der Waals surface area (Å²) in [6, 6.07) is 12.6. The summed E-state index contributed by atoms with van der Waals surface area (Å²) in [5, 5.41) is 8.85. The Kier molecular flexibility index (Phi) is 9.08. The minimum Gasteiger partial charge on any atom is -0.377 e. The van der Waals surface area contributed by atoms with Crippen LogP contribution in [0.2, 0.25) is 0 Å². The molecule has 0 spiro atoms. The van der Waals surface area contributed by atoms with Crippen LogP contribution in [0.5, 0.6) is 0 Å². The van der Waals surface area contributed by atoms with Gasteiger partial charge in [-0.25, -0.2) is 4.99 Å². The first kappa shape index (κ1) is 19.5. The molecule has 0 atom stereocenters. The first-order chi connectivity index (χ1) is 12.3. The molecule has 0 saturated carbocycles. The lowest BCUT2D eigenvalue weighted by atomic mass is 10.1. The van der Waals surface area contributed by atoms with Gasteiger partial charge < -0.3 is 15.4 Å². The van der Waals surface area contributed by atoms with Crippen molar-refractivity contribution in [2.75, 3.05) is 19.7 Å². The number of ether oxygens (including phenoxy) is 1. The van der Waals surface area contributed by atoms with Gasteiger partial charge in [0.25, 0.3) is 0 Å². The molecular weight excluding hydrogens is 330 g/mol. The van der Waals surface area contributed by atoms with Gasteiger partial charge >= 0.3 is 0 Å². The number of hydrogen-bond donors (Lipinski definition) is 2. The number of nitrogens with one attached hydrogen (secondary N) is 2. The van der Waals surface area contributed by atoms with Crippen LogP contribution in [0.25, 0.3) is 0 Å². The van der Waals surface area contributed by atoms with Crippen LogP contribution >= 0.6 is 11.3 Å². The molecule has 25 heavy (non-hydrogen) atoms. The molecule has 2 aromatic rings. The summed E-state index contributed by atoms with van der Waals surface area (Å²) in [6.45, 7) is 8.05. The zero-order valence-corrected chi connectivity index (χ0v) is 16.1. The van der Waals surface area contributed by atoms with Gasteiger partial charge in [0.05, 0.1) is 13.2 Å². The van der Waals surface area contributed by atoms with Crippen molar-refractivity contribution in [2.24, 2.45) is 4.99 Å². The second-order valence-corrected chi connectivity index (χ2v) is 6.80. The summed E-state index contributed by atoms with van der Waals surface area (Å²) in [5.41, 5.74) is 2.43. The van der Waals surface area contributed by atoms with E-state index in [1.54, 1.807) is 11.3 Å². The molecule has 0 fully saturated rings. The number of guanidine groups is 1. The Balaban J connectivity index is 1.91. The standard InChI is InChI=1S/C20H29N3OS/c1-3-13-24-16-18-9-6-5-8-17(18)15-23-20(21-4-2)22-12-11-19-10-7-14-25-19/h5-10,14H,3-4,11-13,15-16H2,1-2H3,(H2,21,22,23). The fourth-order valence-corrected chi connectivity index (χ4v) is 3.15. The summed E-state index contributed by atoms with van der Waals surface area (Å²) in [4.78, 5) is 6.12. The van der Waals surface area contributed by atoms with E-state index in [2.05, 4.69) is 66.3 Å². The first-order valence-corrected chi connectivity index (χ1v) is 9.90. The average molecular weight is 360 g/mol. The number of rotatable bonds is 10. The van der Waals surface area contributed by atoms with E-state index in [1.807, 2.05) is 0 Å². The average Bonchev–Trinajstić information content (AvgIpc) is 3.14. The van der Waals surface area contributed by atoms with Crippen molar-refractivity contribution in [1.29, 1.82) is 0 Å². The molecule has 0 amide bonds. The summed E-state index contributed by atoms with van der Waals surface area (Å²) < 4.78 is 5.69. The molecule has 1 aromatic carbocycles. The van der Waals surface area contributed by atoms with Gasteiger partial charge in [-0.05, 0) is 42.3 Å². The van der Waals surface area contributed by atoms with Crippen molar-refractivity contribution < 1.29 is 4.74 Å². The largest absolute Gasteiger partial charge is 0.377 e. The Hall–Kier alpha value is -1.85. The molecular formula is C20H29N3OS. The van der Waals surface area contributed by atoms with Gasteiger partial charge in [0.1, 0.15) is 0 Å². The third-order valence-corrected chi connectivity index (χ3v) is 4.66. The van der Waals surface area contributed by atoms with E-state index >= 15 is 0 Å². The Bertz CT molecular complexity index is 626. The lowest BCUT2D eigenvalue weighted by Crippen LogP contribution is -2.38. The van der Waals surface area contributed by atoms with Crippen LogP contribution in [-0.2, 0) is 24.3 Å². The van der Waals surface area contributed by atoms with Crippen LogP contribution in [0.15, 0.2) is 46.8 Å². The monoisotopic (exact) mass is 359 g/mol. The van der Waals surface area contributed by atoms with E-state index in [9.17, 15) is 0 Å². The van der Waals surface area contributed by atoms with E-state index in [0.29, 0.717) is 13.2 Å². The molecule has 2 N–H and O–H groups in total. The lowest BCUT2D eigenvalue weighted by molar-refractivity contribution is 0.121. The molecule has 0 saturated heterocycles. The van der Waals surface area contributed by atoms with E-state index in [0.717, 1.165) is 38.5 Å². The maximum atomic E-state index is 5.69.